The number of esters is 1. The summed E-state index contributed by atoms with van der Waals surface area (Å²) in [7, 11) is 1.35. The van der Waals surface area contributed by atoms with Gasteiger partial charge in [-0.3, -0.25) is 38.8 Å². The maximum Gasteiger partial charge on any atom is 0.326 e. The predicted molar refractivity (Wildman–Crippen MR) is 240 cm³/mol. The fourth-order valence-corrected chi connectivity index (χ4v) is 8.82. The summed E-state index contributed by atoms with van der Waals surface area (Å²) in [5.41, 5.74) is 0.195. The van der Waals surface area contributed by atoms with E-state index < -0.39 is 114 Å². The minimum absolute atomic E-state index is 0.0245. The van der Waals surface area contributed by atoms with E-state index in [1.165, 1.54) is 33.1 Å². The number of hydrogen-bond donors (Lipinski definition) is 7. The summed E-state index contributed by atoms with van der Waals surface area (Å²) in [6, 6.07) is -6.92. The second kappa shape index (κ2) is 24.0. The van der Waals surface area contributed by atoms with Crippen LogP contribution in [0, 0.1) is 17.8 Å². The number of aliphatic hydroxyl groups excluding tert-OH is 2. The molecule has 2 aliphatic rings. The number of nitrogens with zero attached hydrogens (tertiary/aromatic N) is 3. The van der Waals surface area contributed by atoms with Crippen LogP contribution in [-0.4, -0.2) is 151 Å². The number of hydrogen-bond acceptors (Lipinski definition) is 13. The van der Waals surface area contributed by atoms with E-state index in [0.29, 0.717) is 6.42 Å². The summed E-state index contributed by atoms with van der Waals surface area (Å²) in [6.45, 7) is 14.1. The van der Waals surface area contributed by atoms with Crippen LogP contribution in [0.25, 0.3) is 6.08 Å². The fraction of sp³-hybridized carbons (Fsp3) is 0.636. The van der Waals surface area contributed by atoms with Crippen LogP contribution in [0.15, 0.2) is 17.9 Å². The van der Waals surface area contributed by atoms with Gasteiger partial charge in [-0.1, -0.05) is 64.7 Å². The van der Waals surface area contributed by atoms with Crippen molar-refractivity contribution in [1.82, 2.24) is 30.8 Å². The monoisotopic (exact) mass is 970 g/mol. The third-order valence-corrected chi connectivity index (χ3v) is 11.9. The van der Waals surface area contributed by atoms with Crippen LogP contribution in [0.1, 0.15) is 100.0 Å². The van der Waals surface area contributed by atoms with Crippen LogP contribution in [0.4, 0.5) is 0 Å². The Balaban J connectivity index is 1.95. The minimum atomic E-state index is -1.73. The Morgan fingerprint density at radius 2 is 1.45 bits per heavy atom. The summed E-state index contributed by atoms with van der Waals surface area (Å²) in [5.74, 6) is -9.66. The van der Waals surface area contributed by atoms with E-state index in [9.17, 15) is 58.9 Å². The van der Waals surface area contributed by atoms with Gasteiger partial charge < -0.3 is 50.5 Å². The highest BCUT2D eigenvalue weighted by Crippen LogP contribution is 2.35. The number of carboxylic acids is 1. The highest BCUT2D eigenvalue weighted by Gasteiger charge is 2.50. The molecule has 0 saturated carbocycles. The predicted octanol–water partition coefficient (Wildman–Crippen LogP) is 3.07. The molecule has 1 aromatic carbocycles. The van der Waals surface area contributed by atoms with Gasteiger partial charge in [0.25, 0.3) is 11.8 Å². The topological polar surface area (TPSA) is 282 Å². The number of carboxylic acid groups (broad SMARTS) is 1. The second-order valence-electron chi connectivity index (χ2n) is 17.9. The third kappa shape index (κ3) is 13.9. The number of aliphatic carboxylic acids is 1. The lowest BCUT2D eigenvalue weighted by Gasteiger charge is -2.36. The first-order valence-corrected chi connectivity index (χ1v) is 22.6. The molecule has 0 spiro atoms. The summed E-state index contributed by atoms with van der Waals surface area (Å²) in [5, 5.41) is 50.3. The van der Waals surface area contributed by atoms with E-state index in [0.717, 1.165) is 22.8 Å². The van der Waals surface area contributed by atoms with Crippen LogP contribution in [-0.2, 0) is 43.1 Å². The molecule has 9 unspecified atom stereocenters. The van der Waals surface area contributed by atoms with Crippen molar-refractivity contribution in [3.05, 3.63) is 33.5 Å². The van der Waals surface area contributed by atoms with E-state index in [1.54, 1.807) is 41.5 Å². The Bertz CT molecular complexity index is 1990. The van der Waals surface area contributed by atoms with Crippen molar-refractivity contribution in [1.29, 1.82) is 0 Å². The zero-order chi connectivity index (χ0) is 50.1. The molecule has 0 aliphatic carbocycles. The summed E-state index contributed by atoms with van der Waals surface area (Å²) in [4.78, 5) is 110. The molecule has 0 radical (unpaired) electrons. The Hall–Kier alpha value is -5.18. The summed E-state index contributed by atoms with van der Waals surface area (Å²) in [6.07, 6.45) is -1.30. The van der Waals surface area contributed by atoms with E-state index >= 15 is 0 Å². The van der Waals surface area contributed by atoms with Gasteiger partial charge in [0.15, 0.2) is 11.5 Å². The van der Waals surface area contributed by atoms with E-state index in [-0.39, 0.29) is 70.5 Å². The highest BCUT2D eigenvalue weighted by atomic mass is 35.5. The molecule has 2 heterocycles. The zero-order valence-corrected chi connectivity index (χ0v) is 40.4. The van der Waals surface area contributed by atoms with Gasteiger partial charge in [0.1, 0.15) is 42.4 Å². The molecule has 2 fully saturated rings. The number of benzene rings is 1. The number of carbonyl (C=O) groups excluding carboxylic acids is 7. The SMILES string of the molecule is COc1c(Cl)cc(C=C(O)C(=O)NC(C(=O)NC(CC(C)C)C(=O)N2C(C(=O)NC(CC(C)C)C(=O)N(O)C(C(=O)N3CCCC3C(=O)O)C(C)C)CC(OC(C)=O)C2C)C(C)O)cc1Cl. The number of halogens is 2. The smallest absolute Gasteiger partial charge is 0.326 e. The van der Waals surface area contributed by atoms with Crippen molar-refractivity contribution >= 4 is 76.7 Å². The largest absolute Gasteiger partial charge is 0.503 e. The summed E-state index contributed by atoms with van der Waals surface area (Å²) >= 11 is 12.4. The quantitative estimate of drug-likeness (QED) is 0.0325. The Labute approximate surface area is 394 Å². The number of ether oxygens (including phenoxy) is 2. The van der Waals surface area contributed by atoms with Gasteiger partial charge in [-0.05, 0) is 81.1 Å². The van der Waals surface area contributed by atoms with Crippen molar-refractivity contribution < 1.29 is 68.4 Å². The van der Waals surface area contributed by atoms with Crippen LogP contribution < -0.4 is 20.7 Å². The van der Waals surface area contributed by atoms with Gasteiger partial charge in [-0.15, -0.1) is 0 Å². The van der Waals surface area contributed by atoms with Crippen LogP contribution in [0.5, 0.6) is 5.75 Å². The standard InChI is InChI=1S/C44H64Cl2N6O14/c1-20(2)14-29(48-40(58)35(24(8)53)49-39(57)33(55)18-26-16-27(45)37(65-10)28(46)17-26)41(59)51-23(7)34(66-25(9)54)19-32(51)38(56)47-30(15-21(3)4)42(60)52(64)36(22(5)6)43(61)50-13-11-12-31(50)44(62)63/h16-18,20-24,29-32,34-36,53,55,64H,11-15,19H2,1-10H3,(H,47,56)(H,48,58)(H,49,57)(H,62,63). The van der Waals surface area contributed by atoms with Crippen molar-refractivity contribution in [3.8, 4) is 5.75 Å². The normalized spacial score (nSPS) is 20.9. The fourth-order valence-electron chi connectivity index (χ4n) is 8.16. The number of aliphatic hydroxyl groups is 2. The molecule has 0 bridgehead atoms. The van der Waals surface area contributed by atoms with Crippen molar-refractivity contribution in [2.24, 2.45) is 17.8 Å². The molecule has 22 heteroatoms. The molecular weight excluding hydrogens is 907 g/mol. The highest BCUT2D eigenvalue weighted by molar-refractivity contribution is 6.37. The number of nitrogens with one attached hydrogen (secondary N) is 3. The lowest BCUT2D eigenvalue weighted by atomic mass is 9.98. The number of amides is 6. The Morgan fingerprint density at radius 1 is 0.879 bits per heavy atom. The molecule has 2 saturated heterocycles. The van der Waals surface area contributed by atoms with Crippen molar-refractivity contribution in [2.75, 3.05) is 13.7 Å². The molecule has 368 valence electrons. The minimum Gasteiger partial charge on any atom is -0.503 e. The maximum atomic E-state index is 14.7. The molecule has 3 rings (SSSR count). The molecule has 0 aromatic heterocycles. The van der Waals surface area contributed by atoms with Gasteiger partial charge in [-0.25, -0.2) is 9.86 Å². The molecule has 1 aromatic rings. The Kier molecular flexibility index (Phi) is 20.1. The van der Waals surface area contributed by atoms with Gasteiger partial charge >= 0.3 is 11.9 Å². The molecule has 2 aliphatic heterocycles. The Morgan fingerprint density at radius 3 is 1.95 bits per heavy atom. The zero-order valence-electron chi connectivity index (χ0n) is 38.9. The number of hydroxylamine groups is 2. The average molecular weight is 972 g/mol. The van der Waals surface area contributed by atoms with E-state index in [1.807, 2.05) is 0 Å². The van der Waals surface area contributed by atoms with Gasteiger partial charge in [0, 0.05) is 19.9 Å². The molecule has 20 nitrogen and oxygen atoms in total. The first-order valence-electron chi connectivity index (χ1n) is 21.8. The lowest BCUT2D eigenvalue weighted by Crippen LogP contribution is -2.61. The van der Waals surface area contributed by atoms with Gasteiger partial charge in [0.2, 0.25) is 23.6 Å². The molecule has 7 N–H and O–H groups in total. The summed E-state index contributed by atoms with van der Waals surface area (Å²) < 4.78 is 10.6. The lowest BCUT2D eigenvalue weighted by molar-refractivity contribution is -0.190. The average Bonchev–Trinajstić information content (AvgIpc) is 3.83. The maximum absolute atomic E-state index is 14.7. The molecule has 9 atom stereocenters. The van der Waals surface area contributed by atoms with E-state index in [4.69, 9.17) is 32.7 Å². The van der Waals surface area contributed by atoms with Crippen LogP contribution in [0.2, 0.25) is 10.0 Å². The number of rotatable bonds is 20. The molecule has 6 amide bonds. The number of carbonyl (C=O) groups is 8. The van der Waals surface area contributed by atoms with Crippen molar-refractivity contribution in [2.45, 2.75) is 149 Å². The second-order valence-corrected chi connectivity index (χ2v) is 18.7. The van der Waals surface area contributed by atoms with E-state index in [2.05, 4.69) is 16.0 Å². The first kappa shape index (κ1) is 55.1. The van der Waals surface area contributed by atoms with Gasteiger partial charge in [0.05, 0.1) is 29.3 Å². The number of likely N-dealkylation sites (tertiary alicyclic amines) is 2. The van der Waals surface area contributed by atoms with Gasteiger partial charge in [-0.2, -0.15) is 0 Å². The van der Waals surface area contributed by atoms with Crippen LogP contribution >= 0.6 is 23.2 Å². The molecular formula is C44H64Cl2N6O14. The first-order chi connectivity index (χ1) is 30.7. The number of methoxy groups -OCH3 is 1. The third-order valence-electron chi connectivity index (χ3n) is 11.3. The van der Waals surface area contributed by atoms with Crippen molar-refractivity contribution in [3.63, 3.8) is 0 Å². The molecule has 66 heavy (non-hydrogen) atoms. The van der Waals surface area contributed by atoms with Crippen LogP contribution in [0.3, 0.4) is 0 Å².